The van der Waals surface area contributed by atoms with Gasteiger partial charge in [-0.2, -0.15) is 0 Å². The van der Waals surface area contributed by atoms with E-state index in [-0.39, 0.29) is 5.91 Å². The van der Waals surface area contributed by atoms with Gasteiger partial charge in [-0.05, 0) is 49.4 Å². The van der Waals surface area contributed by atoms with Crippen LogP contribution in [0.2, 0.25) is 0 Å². The van der Waals surface area contributed by atoms with Gasteiger partial charge in [0.05, 0.1) is 5.69 Å². The number of piperazine rings is 1. The summed E-state index contributed by atoms with van der Waals surface area (Å²) in [5, 5.41) is 0. The lowest BCUT2D eigenvalue weighted by Crippen LogP contribution is -2.52. The Balaban J connectivity index is 1.24. The number of nitrogen functional groups attached to an aromatic ring is 1. The summed E-state index contributed by atoms with van der Waals surface area (Å²) in [4.78, 5) is 29.5. The van der Waals surface area contributed by atoms with Crippen LogP contribution < -0.4 is 10.6 Å². The minimum atomic E-state index is 0.0415. The number of nitrogens with two attached hydrogens (primary N) is 1. The van der Waals surface area contributed by atoms with E-state index in [4.69, 9.17) is 10.7 Å². The molecular formula is C24H32N6O. The molecule has 2 aliphatic heterocycles. The number of hydrogen-bond acceptors (Lipinski definition) is 6. The molecule has 1 aromatic heterocycles. The van der Waals surface area contributed by atoms with Crippen LogP contribution in [0.3, 0.4) is 0 Å². The Morgan fingerprint density at radius 2 is 1.84 bits per heavy atom. The number of aryl methyl sites for hydroxylation is 1. The van der Waals surface area contributed by atoms with E-state index < -0.39 is 0 Å². The molecule has 1 amide bonds. The normalized spacial score (nSPS) is 20.2. The van der Waals surface area contributed by atoms with E-state index in [2.05, 4.69) is 14.8 Å². The SMILES string of the molecule is Cc1ccc(C(=O)N2CCc3cnc(N4CCN(C5CCC5)CC4)nc3CC2)cc1N. The van der Waals surface area contributed by atoms with E-state index in [9.17, 15) is 4.79 Å². The predicted octanol–water partition coefficient (Wildman–Crippen LogP) is 2.28. The maximum atomic E-state index is 13.0. The molecule has 1 saturated heterocycles. The molecule has 2 aromatic rings. The van der Waals surface area contributed by atoms with Gasteiger partial charge < -0.3 is 15.5 Å². The van der Waals surface area contributed by atoms with Crippen LogP contribution in [0.4, 0.5) is 11.6 Å². The number of rotatable bonds is 3. The molecule has 31 heavy (non-hydrogen) atoms. The van der Waals surface area contributed by atoms with Crippen LogP contribution in [-0.4, -0.2) is 71.0 Å². The van der Waals surface area contributed by atoms with Crippen molar-refractivity contribution < 1.29 is 4.79 Å². The van der Waals surface area contributed by atoms with E-state index in [1.54, 1.807) is 6.07 Å². The molecule has 3 heterocycles. The molecule has 2 fully saturated rings. The lowest BCUT2D eigenvalue weighted by atomic mass is 9.91. The molecule has 164 valence electrons. The topological polar surface area (TPSA) is 78.6 Å². The number of fused-ring (bicyclic) bond motifs is 1. The fraction of sp³-hybridized carbons (Fsp3) is 0.542. The van der Waals surface area contributed by atoms with E-state index in [1.807, 2.05) is 30.2 Å². The van der Waals surface area contributed by atoms with E-state index in [1.165, 1.54) is 19.3 Å². The minimum Gasteiger partial charge on any atom is -0.398 e. The predicted molar refractivity (Wildman–Crippen MR) is 122 cm³/mol. The molecule has 5 rings (SSSR count). The van der Waals surface area contributed by atoms with Crippen molar-refractivity contribution in [1.82, 2.24) is 19.8 Å². The van der Waals surface area contributed by atoms with Gasteiger partial charge >= 0.3 is 0 Å². The third kappa shape index (κ3) is 4.11. The van der Waals surface area contributed by atoms with Gasteiger partial charge in [0, 0.05) is 69.2 Å². The monoisotopic (exact) mass is 420 g/mol. The van der Waals surface area contributed by atoms with E-state index in [0.29, 0.717) is 24.3 Å². The van der Waals surface area contributed by atoms with E-state index >= 15 is 0 Å². The Kier molecular flexibility index (Phi) is 5.52. The Morgan fingerprint density at radius 3 is 2.55 bits per heavy atom. The number of amides is 1. The van der Waals surface area contributed by atoms with Gasteiger partial charge in [-0.3, -0.25) is 9.69 Å². The van der Waals surface area contributed by atoms with Crippen LogP contribution >= 0.6 is 0 Å². The van der Waals surface area contributed by atoms with Crippen LogP contribution in [0.25, 0.3) is 0 Å². The zero-order valence-corrected chi connectivity index (χ0v) is 18.4. The number of aromatic nitrogens is 2. The van der Waals surface area contributed by atoms with Crippen LogP contribution in [0.15, 0.2) is 24.4 Å². The van der Waals surface area contributed by atoms with Gasteiger partial charge in [0.15, 0.2) is 0 Å². The first kappa shape index (κ1) is 20.2. The van der Waals surface area contributed by atoms with Crippen molar-refractivity contribution in [2.75, 3.05) is 49.9 Å². The van der Waals surface area contributed by atoms with Gasteiger partial charge in [0.25, 0.3) is 5.91 Å². The molecule has 0 spiro atoms. The highest BCUT2D eigenvalue weighted by molar-refractivity contribution is 5.95. The standard InChI is InChI=1S/C24H32N6O/c1-17-5-6-18(15-21(17)25)23(31)29-9-7-19-16-26-24(27-22(19)8-10-29)30-13-11-28(12-14-30)20-3-2-4-20/h5-6,15-16,20H,2-4,7-14,25H2,1H3. The molecule has 3 aliphatic rings. The number of hydrogen-bond donors (Lipinski definition) is 1. The van der Waals surface area contributed by atoms with Crippen molar-refractivity contribution in [3.63, 3.8) is 0 Å². The highest BCUT2D eigenvalue weighted by Crippen LogP contribution is 2.26. The fourth-order valence-electron chi connectivity index (χ4n) is 4.82. The van der Waals surface area contributed by atoms with Crippen molar-refractivity contribution in [2.24, 2.45) is 0 Å². The number of carbonyl (C=O) groups is 1. The van der Waals surface area contributed by atoms with Gasteiger partial charge in [0.1, 0.15) is 0 Å². The molecule has 0 bridgehead atoms. The van der Waals surface area contributed by atoms with Crippen molar-refractivity contribution in [3.05, 3.63) is 46.8 Å². The maximum Gasteiger partial charge on any atom is 0.253 e. The van der Waals surface area contributed by atoms with Crippen LogP contribution in [0, 0.1) is 6.92 Å². The second kappa shape index (κ2) is 8.46. The summed E-state index contributed by atoms with van der Waals surface area (Å²) in [5.41, 5.74) is 10.6. The summed E-state index contributed by atoms with van der Waals surface area (Å²) in [6.07, 6.45) is 7.64. The largest absolute Gasteiger partial charge is 0.398 e. The Bertz CT molecular complexity index is 965. The average Bonchev–Trinajstić information content (AvgIpc) is 2.97. The molecule has 7 heteroatoms. The number of carbonyl (C=O) groups excluding carboxylic acids is 1. The van der Waals surface area contributed by atoms with Crippen molar-refractivity contribution in [1.29, 1.82) is 0 Å². The first-order chi connectivity index (χ1) is 15.1. The third-order valence-corrected chi connectivity index (χ3v) is 7.21. The second-order valence-electron chi connectivity index (χ2n) is 9.11. The molecule has 0 unspecified atom stereocenters. The van der Waals surface area contributed by atoms with E-state index in [0.717, 1.165) is 67.8 Å². The highest BCUT2D eigenvalue weighted by Gasteiger charge is 2.29. The second-order valence-corrected chi connectivity index (χ2v) is 9.11. The summed E-state index contributed by atoms with van der Waals surface area (Å²) in [7, 11) is 0. The van der Waals surface area contributed by atoms with Crippen LogP contribution in [0.1, 0.15) is 46.4 Å². The van der Waals surface area contributed by atoms with Gasteiger partial charge in [-0.1, -0.05) is 12.5 Å². The molecule has 0 atom stereocenters. The quantitative estimate of drug-likeness (QED) is 0.768. The lowest BCUT2D eigenvalue weighted by Gasteiger charge is -2.43. The van der Waals surface area contributed by atoms with Crippen LogP contribution in [0.5, 0.6) is 0 Å². The third-order valence-electron chi connectivity index (χ3n) is 7.21. The zero-order chi connectivity index (χ0) is 21.4. The first-order valence-electron chi connectivity index (χ1n) is 11.6. The first-order valence-corrected chi connectivity index (χ1v) is 11.6. The summed E-state index contributed by atoms with van der Waals surface area (Å²) < 4.78 is 0. The molecule has 7 nitrogen and oxygen atoms in total. The molecular weight excluding hydrogens is 388 g/mol. The van der Waals surface area contributed by atoms with Gasteiger partial charge in [-0.15, -0.1) is 0 Å². The van der Waals surface area contributed by atoms with Gasteiger partial charge in [-0.25, -0.2) is 9.97 Å². The highest BCUT2D eigenvalue weighted by atomic mass is 16.2. The van der Waals surface area contributed by atoms with Crippen molar-refractivity contribution in [2.45, 2.75) is 45.1 Å². The summed E-state index contributed by atoms with van der Waals surface area (Å²) in [6.45, 7) is 7.51. The molecule has 2 N–H and O–H groups in total. The summed E-state index contributed by atoms with van der Waals surface area (Å²) in [5.74, 6) is 0.887. The average molecular weight is 421 g/mol. The molecule has 0 radical (unpaired) electrons. The smallest absolute Gasteiger partial charge is 0.253 e. The number of benzene rings is 1. The molecule has 1 aromatic carbocycles. The maximum absolute atomic E-state index is 13.0. The molecule has 1 aliphatic carbocycles. The Morgan fingerprint density at radius 1 is 1.06 bits per heavy atom. The minimum absolute atomic E-state index is 0.0415. The Hall–Kier alpha value is -2.67. The number of anilines is 2. The molecule has 1 saturated carbocycles. The van der Waals surface area contributed by atoms with Crippen LogP contribution in [-0.2, 0) is 12.8 Å². The lowest BCUT2D eigenvalue weighted by molar-refractivity contribution is 0.0763. The fourth-order valence-corrected chi connectivity index (χ4v) is 4.82. The van der Waals surface area contributed by atoms with Crippen molar-refractivity contribution >= 4 is 17.5 Å². The van der Waals surface area contributed by atoms with Crippen molar-refractivity contribution in [3.8, 4) is 0 Å². The summed E-state index contributed by atoms with van der Waals surface area (Å²) in [6, 6.07) is 6.38. The zero-order valence-electron chi connectivity index (χ0n) is 18.4. The summed E-state index contributed by atoms with van der Waals surface area (Å²) >= 11 is 0. The Labute approximate surface area is 184 Å². The van der Waals surface area contributed by atoms with Gasteiger partial charge in [0.2, 0.25) is 5.95 Å². The number of nitrogens with zero attached hydrogens (tertiary/aromatic N) is 5.